The molecule has 1 rings (SSSR count). The van der Waals surface area contributed by atoms with Crippen LogP contribution in [0.25, 0.3) is 0 Å². The molecule has 0 unspecified atom stereocenters. The zero-order chi connectivity index (χ0) is 12.8. The molecule has 0 atom stereocenters. The van der Waals surface area contributed by atoms with Gasteiger partial charge in [-0.05, 0) is 18.7 Å². The van der Waals surface area contributed by atoms with Crippen molar-refractivity contribution in [3.63, 3.8) is 0 Å². The molecule has 94 valence electrons. The van der Waals surface area contributed by atoms with Crippen LogP contribution in [0.15, 0.2) is 23.4 Å². The third-order valence-electron chi connectivity index (χ3n) is 2.38. The van der Waals surface area contributed by atoms with Crippen molar-refractivity contribution in [2.45, 2.75) is 6.54 Å². The van der Waals surface area contributed by atoms with Crippen LogP contribution in [-0.2, 0) is 6.54 Å². The monoisotopic (exact) mass is 257 g/mol. The number of nitrogens with two attached hydrogens (primary N) is 1. The fraction of sp³-hybridized carbons (Fsp3) is 0.364. The highest BCUT2D eigenvalue weighted by molar-refractivity contribution is 6.31. The highest BCUT2D eigenvalue weighted by atomic mass is 35.5. The Morgan fingerprint density at radius 1 is 1.53 bits per heavy atom. The summed E-state index contributed by atoms with van der Waals surface area (Å²) in [5.74, 6) is 0.0298. The first-order valence-electron chi connectivity index (χ1n) is 5.14. The molecule has 1 aromatic rings. The van der Waals surface area contributed by atoms with Crippen LogP contribution in [0.5, 0.6) is 0 Å². The van der Waals surface area contributed by atoms with Crippen molar-refractivity contribution < 1.29 is 10.3 Å². The number of amidine groups is 1. The van der Waals surface area contributed by atoms with Crippen molar-refractivity contribution in [3.8, 4) is 0 Å². The molecule has 0 saturated heterocycles. The molecule has 4 N–H and O–H groups in total. The molecule has 17 heavy (non-hydrogen) atoms. The molecule has 0 radical (unpaired) electrons. The van der Waals surface area contributed by atoms with Crippen molar-refractivity contribution >= 4 is 17.4 Å². The molecule has 6 heteroatoms. The number of aliphatic hydroxyl groups excluding tert-OH is 1. The lowest BCUT2D eigenvalue weighted by Crippen LogP contribution is -2.21. The molecular weight excluding hydrogens is 242 g/mol. The average molecular weight is 258 g/mol. The number of likely N-dealkylation sites (N-methyl/N-ethyl adjacent to an activating group) is 1. The van der Waals surface area contributed by atoms with Gasteiger partial charge in [-0.1, -0.05) is 28.9 Å². The molecular formula is C11H16ClN3O2. The molecule has 1 aromatic carbocycles. The first-order chi connectivity index (χ1) is 8.08. The Morgan fingerprint density at radius 2 is 2.24 bits per heavy atom. The molecule has 0 aliphatic rings. The fourth-order valence-electron chi connectivity index (χ4n) is 1.43. The lowest BCUT2D eigenvalue weighted by molar-refractivity contribution is 0.217. The standard InChI is InChI=1S/C11H16ClN3O2/c1-15(4-5-16)7-9-3-2-8(6-10(9)12)11(13)14-17/h2-3,6,16-17H,4-5,7H2,1H3,(H2,13,14). The molecule has 0 saturated carbocycles. The lowest BCUT2D eigenvalue weighted by Gasteiger charge is -2.16. The van der Waals surface area contributed by atoms with Crippen LogP contribution >= 0.6 is 11.6 Å². The number of hydrogen-bond donors (Lipinski definition) is 3. The van der Waals surface area contributed by atoms with Gasteiger partial charge in [0, 0.05) is 23.7 Å². The first kappa shape index (κ1) is 13.8. The minimum absolute atomic E-state index is 0.0298. The number of halogens is 1. The van der Waals surface area contributed by atoms with Crippen LogP contribution < -0.4 is 5.73 Å². The third-order valence-corrected chi connectivity index (χ3v) is 2.73. The number of aliphatic hydroxyl groups is 1. The van der Waals surface area contributed by atoms with Crippen LogP contribution in [0.3, 0.4) is 0 Å². The van der Waals surface area contributed by atoms with E-state index < -0.39 is 0 Å². The smallest absolute Gasteiger partial charge is 0.170 e. The van der Waals surface area contributed by atoms with Crippen molar-refractivity contribution in [2.75, 3.05) is 20.2 Å². The molecule has 0 amide bonds. The Kier molecular flexibility index (Phi) is 5.21. The van der Waals surface area contributed by atoms with Crippen LogP contribution in [0.4, 0.5) is 0 Å². The van der Waals surface area contributed by atoms with Crippen LogP contribution in [0, 0.1) is 0 Å². The maximum atomic E-state index is 8.80. The van der Waals surface area contributed by atoms with Crippen molar-refractivity contribution in [1.29, 1.82) is 0 Å². The quantitative estimate of drug-likeness (QED) is 0.316. The number of hydrogen-bond acceptors (Lipinski definition) is 4. The fourth-order valence-corrected chi connectivity index (χ4v) is 1.67. The van der Waals surface area contributed by atoms with Crippen LogP contribution in [0.2, 0.25) is 5.02 Å². The second-order valence-electron chi connectivity index (χ2n) is 3.75. The summed E-state index contributed by atoms with van der Waals surface area (Å²) in [6, 6.07) is 5.21. The SMILES string of the molecule is CN(CCO)Cc1ccc(/C(N)=N/O)cc1Cl. The van der Waals surface area contributed by atoms with Gasteiger partial charge in [0.1, 0.15) is 0 Å². The summed E-state index contributed by atoms with van der Waals surface area (Å²) in [6.45, 7) is 1.32. The normalized spacial score (nSPS) is 12.1. The van der Waals surface area contributed by atoms with Gasteiger partial charge < -0.3 is 16.0 Å². The third kappa shape index (κ3) is 3.89. The van der Waals surface area contributed by atoms with Crippen LogP contribution in [-0.4, -0.2) is 41.2 Å². The lowest BCUT2D eigenvalue weighted by atomic mass is 10.1. The molecule has 0 heterocycles. The molecule has 0 bridgehead atoms. The van der Waals surface area contributed by atoms with E-state index in [4.69, 9.17) is 27.6 Å². The minimum atomic E-state index is 0.0298. The zero-order valence-corrected chi connectivity index (χ0v) is 10.4. The summed E-state index contributed by atoms with van der Waals surface area (Å²) < 4.78 is 0. The van der Waals surface area contributed by atoms with Gasteiger partial charge in [0.15, 0.2) is 5.84 Å². The van der Waals surface area contributed by atoms with Gasteiger partial charge in [-0.2, -0.15) is 0 Å². The predicted molar refractivity (Wildman–Crippen MR) is 67.4 cm³/mol. The largest absolute Gasteiger partial charge is 0.409 e. The van der Waals surface area contributed by atoms with E-state index in [1.54, 1.807) is 12.1 Å². The number of rotatable bonds is 5. The summed E-state index contributed by atoms with van der Waals surface area (Å²) in [5.41, 5.74) is 6.96. The van der Waals surface area contributed by atoms with E-state index in [0.717, 1.165) is 5.56 Å². The zero-order valence-electron chi connectivity index (χ0n) is 9.60. The maximum absolute atomic E-state index is 8.80. The minimum Gasteiger partial charge on any atom is -0.409 e. The van der Waals surface area contributed by atoms with E-state index in [9.17, 15) is 0 Å². The molecule has 0 spiro atoms. The number of benzene rings is 1. The van der Waals surface area contributed by atoms with Crippen LogP contribution in [0.1, 0.15) is 11.1 Å². The molecule has 0 aliphatic heterocycles. The summed E-state index contributed by atoms with van der Waals surface area (Å²) >= 11 is 6.09. The van der Waals surface area contributed by atoms with E-state index in [2.05, 4.69) is 5.16 Å². The summed E-state index contributed by atoms with van der Waals surface area (Å²) in [6.07, 6.45) is 0. The Balaban J connectivity index is 2.83. The average Bonchev–Trinajstić information content (AvgIpc) is 2.31. The molecule has 0 aliphatic carbocycles. The summed E-state index contributed by atoms with van der Waals surface area (Å²) in [5, 5.41) is 20.8. The van der Waals surface area contributed by atoms with Crippen molar-refractivity contribution in [3.05, 3.63) is 34.3 Å². The number of oxime groups is 1. The first-order valence-corrected chi connectivity index (χ1v) is 5.52. The van der Waals surface area contributed by atoms with Gasteiger partial charge in [0.05, 0.1) is 6.61 Å². The van der Waals surface area contributed by atoms with E-state index in [0.29, 0.717) is 23.7 Å². The maximum Gasteiger partial charge on any atom is 0.170 e. The van der Waals surface area contributed by atoms with Crippen molar-refractivity contribution in [2.24, 2.45) is 10.9 Å². The van der Waals surface area contributed by atoms with E-state index in [-0.39, 0.29) is 12.4 Å². The van der Waals surface area contributed by atoms with Gasteiger partial charge in [-0.3, -0.25) is 4.90 Å². The Bertz CT molecular complexity index is 410. The second-order valence-corrected chi connectivity index (χ2v) is 4.16. The van der Waals surface area contributed by atoms with Gasteiger partial charge in [-0.15, -0.1) is 0 Å². The topological polar surface area (TPSA) is 82.1 Å². The van der Waals surface area contributed by atoms with E-state index >= 15 is 0 Å². The summed E-state index contributed by atoms with van der Waals surface area (Å²) in [7, 11) is 1.89. The van der Waals surface area contributed by atoms with Crippen molar-refractivity contribution in [1.82, 2.24) is 4.90 Å². The van der Waals surface area contributed by atoms with Gasteiger partial charge >= 0.3 is 0 Å². The van der Waals surface area contributed by atoms with Gasteiger partial charge in [-0.25, -0.2) is 0 Å². The highest BCUT2D eigenvalue weighted by Crippen LogP contribution is 2.19. The second kappa shape index (κ2) is 6.44. The highest BCUT2D eigenvalue weighted by Gasteiger charge is 2.07. The Hall–Kier alpha value is -1.30. The summed E-state index contributed by atoms with van der Waals surface area (Å²) in [4.78, 5) is 1.95. The van der Waals surface area contributed by atoms with Gasteiger partial charge in [0.2, 0.25) is 0 Å². The Morgan fingerprint density at radius 3 is 2.76 bits per heavy atom. The van der Waals surface area contributed by atoms with E-state index in [1.165, 1.54) is 0 Å². The molecule has 0 aromatic heterocycles. The van der Waals surface area contributed by atoms with Gasteiger partial charge in [0.25, 0.3) is 0 Å². The number of nitrogens with zero attached hydrogens (tertiary/aromatic N) is 2. The predicted octanol–water partition coefficient (Wildman–Crippen LogP) is 0.859. The molecule has 5 nitrogen and oxygen atoms in total. The molecule has 0 fully saturated rings. The van der Waals surface area contributed by atoms with E-state index in [1.807, 2.05) is 18.0 Å². The Labute approximate surface area is 105 Å².